The number of rotatable bonds is 3. The Hall–Kier alpha value is -1.41. The van der Waals surface area contributed by atoms with Gasteiger partial charge in [0.15, 0.2) is 0 Å². The third-order valence-electron chi connectivity index (χ3n) is 2.50. The Bertz CT molecular complexity index is 463. The van der Waals surface area contributed by atoms with Crippen LogP contribution >= 0.6 is 0 Å². The van der Waals surface area contributed by atoms with Crippen LogP contribution in [-0.2, 0) is 6.54 Å². The van der Waals surface area contributed by atoms with Crippen LogP contribution in [0.5, 0.6) is 0 Å². The van der Waals surface area contributed by atoms with E-state index in [1.54, 1.807) is 0 Å². The molecule has 0 aliphatic rings. The summed E-state index contributed by atoms with van der Waals surface area (Å²) < 4.78 is 0. The fourth-order valence-corrected chi connectivity index (χ4v) is 1.80. The largest absolute Gasteiger partial charge is 0.313 e. The number of benzene rings is 1. The number of para-hydroxylation sites is 1. The molecule has 0 radical (unpaired) electrons. The summed E-state index contributed by atoms with van der Waals surface area (Å²) in [5.41, 5.74) is 3.51. The molecule has 2 nitrogen and oxygen atoms in total. The van der Waals surface area contributed by atoms with E-state index in [2.05, 4.69) is 41.5 Å². The summed E-state index contributed by atoms with van der Waals surface area (Å²) in [7, 11) is 0. The van der Waals surface area contributed by atoms with Crippen LogP contribution in [0.15, 0.2) is 30.3 Å². The Labute approximate surface area is 90.3 Å². The molecule has 0 amide bonds. The SMILES string of the molecule is CCNCc1cc(C)nc2ccccc12. The molecule has 1 heterocycles. The van der Waals surface area contributed by atoms with Gasteiger partial charge in [0.1, 0.15) is 0 Å². The maximum atomic E-state index is 4.52. The molecule has 0 bridgehead atoms. The number of fused-ring (bicyclic) bond motifs is 1. The van der Waals surface area contributed by atoms with Gasteiger partial charge in [0.05, 0.1) is 5.52 Å². The highest BCUT2D eigenvalue weighted by Crippen LogP contribution is 2.17. The van der Waals surface area contributed by atoms with Crippen LogP contribution in [0.3, 0.4) is 0 Å². The molecule has 2 aromatic rings. The highest BCUT2D eigenvalue weighted by Gasteiger charge is 2.02. The van der Waals surface area contributed by atoms with Crippen molar-refractivity contribution in [3.05, 3.63) is 41.6 Å². The second kappa shape index (κ2) is 4.41. The third kappa shape index (κ3) is 2.16. The molecule has 1 N–H and O–H groups in total. The number of pyridine rings is 1. The van der Waals surface area contributed by atoms with Gasteiger partial charge in [-0.25, -0.2) is 0 Å². The number of aryl methyl sites for hydroxylation is 1. The lowest BCUT2D eigenvalue weighted by Crippen LogP contribution is -2.12. The standard InChI is InChI=1S/C13H16N2/c1-3-14-9-11-8-10(2)15-13-7-5-4-6-12(11)13/h4-8,14H,3,9H2,1-2H3. The Morgan fingerprint density at radius 3 is 2.87 bits per heavy atom. The van der Waals surface area contributed by atoms with Gasteiger partial charge in [-0.2, -0.15) is 0 Å². The van der Waals surface area contributed by atoms with Gasteiger partial charge >= 0.3 is 0 Å². The van der Waals surface area contributed by atoms with Crippen LogP contribution < -0.4 is 5.32 Å². The minimum absolute atomic E-state index is 0.917. The second-order valence-corrected chi connectivity index (χ2v) is 3.72. The minimum atomic E-state index is 0.917. The van der Waals surface area contributed by atoms with Gasteiger partial charge < -0.3 is 5.32 Å². The summed E-state index contributed by atoms with van der Waals surface area (Å²) in [5.74, 6) is 0. The van der Waals surface area contributed by atoms with E-state index in [1.807, 2.05) is 13.0 Å². The predicted molar refractivity (Wildman–Crippen MR) is 63.9 cm³/mol. The van der Waals surface area contributed by atoms with E-state index in [4.69, 9.17) is 0 Å². The molecule has 78 valence electrons. The first kappa shape index (κ1) is 10.1. The first-order valence-corrected chi connectivity index (χ1v) is 5.37. The zero-order valence-electron chi connectivity index (χ0n) is 9.25. The maximum Gasteiger partial charge on any atom is 0.0708 e. The predicted octanol–water partition coefficient (Wildman–Crippen LogP) is 2.65. The van der Waals surface area contributed by atoms with E-state index in [-0.39, 0.29) is 0 Å². The molecule has 1 aromatic carbocycles. The van der Waals surface area contributed by atoms with Crippen molar-refractivity contribution >= 4 is 10.9 Å². The van der Waals surface area contributed by atoms with Gasteiger partial charge in [0.2, 0.25) is 0 Å². The minimum Gasteiger partial charge on any atom is -0.313 e. The van der Waals surface area contributed by atoms with E-state index < -0.39 is 0 Å². The van der Waals surface area contributed by atoms with Crippen molar-refractivity contribution < 1.29 is 0 Å². The van der Waals surface area contributed by atoms with Crippen LogP contribution in [0, 0.1) is 6.92 Å². The van der Waals surface area contributed by atoms with E-state index in [9.17, 15) is 0 Å². The Kier molecular flexibility index (Phi) is 2.97. The molecule has 0 aliphatic carbocycles. The van der Waals surface area contributed by atoms with Crippen LogP contribution in [-0.4, -0.2) is 11.5 Å². The van der Waals surface area contributed by atoms with Crippen LogP contribution in [0.1, 0.15) is 18.2 Å². The van der Waals surface area contributed by atoms with Gasteiger partial charge in [-0.05, 0) is 31.2 Å². The number of hydrogen-bond acceptors (Lipinski definition) is 2. The molecule has 0 spiro atoms. The normalized spacial score (nSPS) is 10.8. The van der Waals surface area contributed by atoms with E-state index >= 15 is 0 Å². The topological polar surface area (TPSA) is 24.9 Å². The smallest absolute Gasteiger partial charge is 0.0708 e. The molecule has 0 saturated heterocycles. The van der Waals surface area contributed by atoms with Crippen LogP contribution in [0.25, 0.3) is 10.9 Å². The van der Waals surface area contributed by atoms with E-state index in [1.165, 1.54) is 10.9 Å². The molecule has 2 heteroatoms. The lowest BCUT2D eigenvalue weighted by Gasteiger charge is -2.07. The molecule has 0 saturated carbocycles. The third-order valence-corrected chi connectivity index (χ3v) is 2.50. The van der Waals surface area contributed by atoms with E-state index in [0.29, 0.717) is 0 Å². The Morgan fingerprint density at radius 2 is 2.07 bits per heavy atom. The average Bonchev–Trinajstić information content (AvgIpc) is 2.25. The van der Waals surface area contributed by atoms with Crippen molar-refractivity contribution in [2.45, 2.75) is 20.4 Å². The summed E-state index contributed by atoms with van der Waals surface area (Å²) in [6, 6.07) is 10.5. The van der Waals surface area contributed by atoms with Crippen molar-refractivity contribution in [3.8, 4) is 0 Å². The number of aromatic nitrogens is 1. The van der Waals surface area contributed by atoms with Crippen molar-refractivity contribution in [3.63, 3.8) is 0 Å². The highest BCUT2D eigenvalue weighted by atomic mass is 14.8. The van der Waals surface area contributed by atoms with Crippen molar-refractivity contribution in [2.24, 2.45) is 0 Å². The molecular weight excluding hydrogens is 184 g/mol. The fraction of sp³-hybridized carbons (Fsp3) is 0.308. The number of nitrogens with zero attached hydrogens (tertiary/aromatic N) is 1. The zero-order chi connectivity index (χ0) is 10.7. The van der Waals surface area contributed by atoms with Gasteiger partial charge in [0, 0.05) is 17.6 Å². The first-order valence-electron chi connectivity index (χ1n) is 5.37. The summed E-state index contributed by atoms with van der Waals surface area (Å²) in [6.45, 7) is 6.08. The van der Waals surface area contributed by atoms with Crippen LogP contribution in [0.2, 0.25) is 0 Å². The van der Waals surface area contributed by atoms with Gasteiger partial charge in [0.25, 0.3) is 0 Å². The molecule has 1 aromatic heterocycles. The van der Waals surface area contributed by atoms with Crippen LogP contribution in [0.4, 0.5) is 0 Å². The molecule has 15 heavy (non-hydrogen) atoms. The fourth-order valence-electron chi connectivity index (χ4n) is 1.80. The molecule has 2 rings (SSSR count). The van der Waals surface area contributed by atoms with Gasteiger partial charge in [-0.1, -0.05) is 25.1 Å². The molecule has 0 unspecified atom stereocenters. The summed E-state index contributed by atoms with van der Waals surface area (Å²) in [6.07, 6.45) is 0. The quantitative estimate of drug-likeness (QED) is 0.824. The van der Waals surface area contributed by atoms with Gasteiger partial charge in [-0.3, -0.25) is 4.98 Å². The monoisotopic (exact) mass is 200 g/mol. The number of hydrogen-bond donors (Lipinski definition) is 1. The lowest BCUT2D eigenvalue weighted by molar-refractivity contribution is 0.729. The van der Waals surface area contributed by atoms with Crippen molar-refractivity contribution in [1.29, 1.82) is 0 Å². The lowest BCUT2D eigenvalue weighted by atomic mass is 10.1. The highest BCUT2D eigenvalue weighted by molar-refractivity contribution is 5.82. The maximum absolute atomic E-state index is 4.52. The summed E-state index contributed by atoms with van der Waals surface area (Å²) >= 11 is 0. The van der Waals surface area contributed by atoms with Crippen molar-refractivity contribution in [2.75, 3.05) is 6.54 Å². The summed E-state index contributed by atoms with van der Waals surface area (Å²) in [4.78, 5) is 4.52. The zero-order valence-corrected chi connectivity index (χ0v) is 9.25. The average molecular weight is 200 g/mol. The van der Waals surface area contributed by atoms with Crippen molar-refractivity contribution in [1.82, 2.24) is 10.3 Å². The molecule has 0 aliphatic heterocycles. The Morgan fingerprint density at radius 1 is 1.27 bits per heavy atom. The summed E-state index contributed by atoms with van der Waals surface area (Å²) in [5, 5.41) is 4.61. The Balaban J connectivity index is 2.50. The van der Waals surface area contributed by atoms with E-state index in [0.717, 1.165) is 24.3 Å². The molecule has 0 atom stereocenters. The number of nitrogens with one attached hydrogen (secondary N) is 1. The first-order chi connectivity index (χ1) is 7.31. The molecule has 0 fully saturated rings. The molecular formula is C13H16N2. The van der Waals surface area contributed by atoms with Gasteiger partial charge in [-0.15, -0.1) is 0 Å². The second-order valence-electron chi connectivity index (χ2n) is 3.72.